The van der Waals surface area contributed by atoms with Crippen LogP contribution in [0.2, 0.25) is 0 Å². The molecule has 0 spiro atoms. The number of morpholine rings is 1. The van der Waals surface area contributed by atoms with E-state index in [1.54, 1.807) is 11.3 Å². The van der Waals surface area contributed by atoms with Crippen LogP contribution in [0.15, 0.2) is 17.5 Å². The van der Waals surface area contributed by atoms with Gasteiger partial charge in [-0.05, 0) is 18.4 Å². The maximum Gasteiger partial charge on any atom is 0.234 e. The van der Waals surface area contributed by atoms with Crippen LogP contribution in [-0.4, -0.2) is 54.9 Å². The van der Waals surface area contributed by atoms with Crippen molar-refractivity contribution < 1.29 is 14.6 Å². The first-order valence-corrected chi connectivity index (χ1v) is 7.34. The molecule has 1 aromatic rings. The third kappa shape index (κ3) is 4.28. The Morgan fingerprint density at radius 1 is 1.74 bits per heavy atom. The molecule has 2 unspecified atom stereocenters. The van der Waals surface area contributed by atoms with Gasteiger partial charge in [-0.15, -0.1) is 11.3 Å². The van der Waals surface area contributed by atoms with Crippen molar-refractivity contribution in [2.75, 3.05) is 32.8 Å². The number of hydrogen-bond acceptors (Lipinski definition) is 5. The van der Waals surface area contributed by atoms with Gasteiger partial charge >= 0.3 is 0 Å². The number of nitrogens with one attached hydrogen (secondary N) is 1. The number of thiophene rings is 1. The average molecular weight is 284 g/mol. The smallest absolute Gasteiger partial charge is 0.234 e. The van der Waals surface area contributed by atoms with Crippen molar-refractivity contribution in [2.24, 2.45) is 0 Å². The molecule has 1 saturated heterocycles. The van der Waals surface area contributed by atoms with Gasteiger partial charge in [-0.3, -0.25) is 9.69 Å². The summed E-state index contributed by atoms with van der Waals surface area (Å²) in [6.07, 6.45) is -0.170. The highest BCUT2D eigenvalue weighted by atomic mass is 32.1. The summed E-state index contributed by atoms with van der Waals surface area (Å²) in [4.78, 5) is 15.1. The third-order valence-electron chi connectivity index (χ3n) is 3.14. The summed E-state index contributed by atoms with van der Waals surface area (Å²) in [6, 6.07) is 4.05. The average Bonchev–Trinajstić information content (AvgIpc) is 2.92. The van der Waals surface area contributed by atoms with E-state index in [4.69, 9.17) is 9.84 Å². The molecular weight excluding hydrogens is 264 g/mol. The molecule has 0 aliphatic carbocycles. The highest BCUT2D eigenvalue weighted by molar-refractivity contribution is 7.10. The normalized spacial score (nSPS) is 22.1. The van der Waals surface area contributed by atoms with E-state index in [1.165, 1.54) is 0 Å². The summed E-state index contributed by atoms with van der Waals surface area (Å²) < 4.78 is 5.36. The fourth-order valence-electron chi connectivity index (χ4n) is 2.13. The lowest BCUT2D eigenvalue weighted by Gasteiger charge is -2.31. The number of amides is 1. The number of rotatable bonds is 5. The van der Waals surface area contributed by atoms with Gasteiger partial charge in [0.15, 0.2) is 0 Å². The highest BCUT2D eigenvalue weighted by Crippen LogP contribution is 2.17. The first-order valence-electron chi connectivity index (χ1n) is 6.46. The Hall–Kier alpha value is -0.950. The molecule has 2 N–H and O–H groups in total. The lowest BCUT2D eigenvalue weighted by molar-refractivity contribution is -0.125. The van der Waals surface area contributed by atoms with Crippen LogP contribution < -0.4 is 5.32 Å². The van der Waals surface area contributed by atoms with Crippen LogP contribution in [0.25, 0.3) is 0 Å². The quantitative estimate of drug-likeness (QED) is 0.832. The van der Waals surface area contributed by atoms with Crippen molar-refractivity contribution in [3.05, 3.63) is 22.4 Å². The molecule has 0 bridgehead atoms. The maximum atomic E-state index is 12.0. The molecule has 5 nitrogen and oxygen atoms in total. The fourth-order valence-corrected chi connectivity index (χ4v) is 2.87. The number of hydrogen-bond donors (Lipinski definition) is 2. The Balaban J connectivity index is 1.77. The van der Waals surface area contributed by atoms with Crippen LogP contribution in [0.4, 0.5) is 0 Å². The summed E-state index contributed by atoms with van der Waals surface area (Å²) in [5.74, 6) is 0.0134. The number of aliphatic hydroxyl groups is 1. The van der Waals surface area contributed by atoms with Crippen molar-refractivity contribution in [1.29, 1.82) is 0 Å². The minimum Gasteiger partial charge on any atom is -0.394 e. The van der Waals surface area contributed by atoms with E-state index in [9.17, 15) is 4.79 Å². The molecule has 2 heterocycles. The van der Waals surface area contributed by atoms with E-state index in [-0.39, 0.29) is 24.7 Å². The Bertz CT molecular complexity index is 397. The van der Waals surface area contributed by atoms with Crippen molar-refractivity contribution in [2.45, 2.75) is 19.1 Å². The van der Waals surface area contributed by atoms with Crippen molar-refractivity contribution in [1.82, 2.24) is 10.2 Å². The lowest BCUT2D eigenvalue weighted by atomic mass is 10.2. The van der Waals surface area contributed by atoms with Crippen LogP contribution in [0.3, 0.4) is 0 Å². The monoisotopic (exact) mass is 284 g/mol. The molecule has 0 aromatic carbocycles. The molecule has 6 heteroatoms. The molecule has 19 heavy (non-hydrogen) atoms. The summed E-state index contributed by atoms with van der Waals surface area (Å²) in [5.41, 5.74) is 0. The van der Waals surface area contributed by atoms with Crippen molar-refractivity contribution >= 4 is 17.2 Å². The number of carbonyl (C=O) groups is 1. The molecule has 1 amide bonds. The van der Waals surface area contributed by atoms with Gasteiger partial charge in [-0.2, -0.15) is 0 Å². The Labute approximate surface area is 117 Å². The minimum absolute atomic E-state index is 0.00369. The Kier molecular flexibility index (Phi) is 5.33. The first kappa shape index (κ1) is 14.5. The summed E-state index contributed by atoms with van der Waals surface area (Å²) in [7, 11) is 0. The Morgan fingerprint density at radius 2 is 2.58 bits per heavy atom. The van der Waals surface area contributed by atoms with E-state index in [1.807, 2.05) is 29.3 Å². The molecule has 0 radical (unpaired) electrons. The SMILES string of the molecule is CC(NC(=O)CN1CCOC(CO)C1)c1cccs1. The number of carbonyl (C=O) groups excluding carboxylic acids is 1. The van der Waals surface area contributed by atoms with Crippen LogP contribution in [0.1, 0.15) is 17.8 Å². The zero-order valence-corrected chi connectivity index (χ0v) is 11.9. The molecule has 1 aromatic heterocycles. The van der Waals surface area contributed by atoms with Crippen molar-refractivity contribution in [3.8, 4) is 0 Å². The highest BCUT2D eigenvalue weighted by Gasteiger charge is 2.22. The predicted molar refractivity (Wildman–Crippen MR) is 74.1 cm³/mol. The molecule has 2 rings (SSSR count). The van der Waals surface area contributed by atoms with E-state index < -0.39 is 0 Å². The minimum atomic E-state index is -0.170. The number of nitrogens with zero attached hydrogens (tertiary/aromatic N) is 1. The largest absolute Gasteiger partial charge is 0.394 e. The molecule has 1 fully saturated rings. The van der Waals surface area contributed by atoms with Gasteiger partial charge in [-0.25, -0.2) is 0 Å². The van der Waals surface area contributed by atoms with Crippen LogP contribution in [0.5, 0.6) is 0 Å². The van der Waals surface area contributed by atoms with Gasteiger partial charge in [0.2, 0.25) is 5.91 Å². The number of ether oxygens (including phenoxy) is 1. The van der Waals surface area contributed by atoms with Crippen LogP contribution in [0, 0.1) is 0 Å². The number of aliphatic hydroxyl groups excluding tert-OH is 1. The second-order valence-electron chi connectivity index (χ2n) is 4.72. The van der Waals surface area contributed by atoms with Gasteiger partial charge in [0.05, 0.1) is 31.9 Å². The molecule has 2 atom stereocenters. The molecular formula is C13H20N2O3S. The van der Waals surface area contributed by atoms with Gasteiger partial charge in [-0.1, -0.05) is 6.07 Å². The zero-order valence-electron chi connectivity index (χ0n) is 11.0. The van der Waals surface area contributed by atoms with E-state index in [2.05, 4.69) is 5.32 Å². The zero-order chi connectivity index (χ0) is 13.7. The van der Waals surface area contributed by atoms with Gasteiger partial charge in [0, 0.05) is 18.0 Å². The molecule has 106 valence electrons. The third-order valence-corrected chi connectivity index (χ3v) is 4.20. The molecule has 1 aliphatic heterocycles. The first-order chi connectivity index (χ1) is 9.19. The summed E-state index contributed by atoms with van der Waals surface area (Å²) in [5, 5.41) is 14.1. The Morgan fingerprint density at radius 3 is 3.26 bits per heavy atom. The topological polar surface area (TPSA) is 61.8 Å². The van der Waals surface area contributed by atoms with Gasteiger partial charge in [0.1, 0.15) is 0 Å². The standard InChI is InChI=1S/C13H20N2O3S/c1-10(12-3-2-6-19-12)14-13(17)8-15-4-5-18-11(7-15)9-16/h2-3,6,10-11,16H,4-5,7-9H2,1H3,(H,14,17). The maximum absolute atomic E-state index is 12.0. The van der Waals surface area contributed by atoms with Gasteiger partial charge in [0.25, 0.3) is 0 Å². The van der Waals surface area contributed by atoms with E-state index >= 15 is 0 Å². The van der Waals surface area contributed by atoms with Crippen LogP contribution >= 0.6 is 11.3 Å². The van der Waals surface area contributed by atoms with Crippen molar-refractivity contribution in [3.63, 3.8) is 0 Å². The predicted octanol–water partition coefficient (Wildman–Crippen LogP) is 0.618. The van der Waals surface area contributed by atoms with Crippen LogP contribution in [-0.2, 0) is 9.53 Å². The molecule has 1 aliphatic rings. The van der Waals surface area contributed by atoms with E-state index in [0.29, 0.717) is 19.7 Å². The second-order valence-corrected chi connectivity index (χ2v) is 5.69. The second kappa shape index (κ2) is 7.00. The van der Waals surface area contributed by atoms with E-state index in [0.717, 1.165) is 11.4 Å². The lowest BCUT2D eigenvalue weighted by Crippen LogP contribution is -2.48. The molecule has 0 saturated carbocycles. The summed E-state index contributed by atoms with van der Waals surface area (Å²) in [6.45, 7) is 4.26. The fraction of sp³-hybridized carbons (Fsp3) is 0.615. The summed E-state index contributed by atoms with van der Waals surface area (Å²) >= 11 is 1.64. The van der Waals surface area contributed by atoms with Gasteiger partial charge < -0.3 is 15.2 Å².